The van der Waals surface area contributed by atoms with Crippen molar-refractivity contribution in [2.24, 2.45) is 5.73 Å². The first-order chi connectivity index (χ1) is 5.72. The van der Waals surface area contributed by atoms with E-state index < -0.39 is 0 Å². The van der Waals surface area contributed by atoms with E-state index in [9.17, 15) is 4.79 Å². The molecule has 0 aliphatic rings. The predicted molar refractivity (Wildman–Crippen MR) is 44.1 cm³/mol. The lowest BCUT2D eigenvalue weighted by Crippen LogP contribution is -2.22. The molecule has 1 heterocycles. The zero-order chi connectivity index (χ0) is 8.97. The van der Waals surface area contributed by atoms with E-state index in [4.69, 9.17) is 11.5 Å². The number of nitrogen functional groups attached to an aromatic ring is 1. The summed E-state index contributed by atoms with van der Waals surface area (Å²) in [4.78, 5) is 18.2. The highest BCUT2D eigenvalue weighted by Gasteiger charge is 1.99. The van der Waals surface area contributed by atoms with Gasteiger partial charge in [-0.25, -0.2) is 9.97 Å². The Morgan fingerprint density at radius 2 is 2.08 bits per heavy atom. The number of carbonyl (C=O) groups is 1. The molecule has 0 bridgehead atoms. The standard InChI is InChI=1S/C6H9N5O/c7-1-5(12)11-6-9-2-4(8)3-10-6/h2-3H,1,7-8H2,(H,9,10,11,12). The molecule has 1 rings (SSSR count). The van der Waals surface area contributed by atoms with Crippen molar-refractivity contribution in [1.82, 2.24) is 9.97 Å². The number of aromatic nitrogens is 2. The summed E-state index contributed by atoms with van der Waals surface area (Å²) in [7, 11) is 0. The summed E-state index contributed by atoms with van der Waals surface area (Å²) in [5.74, 6) is -0.126. The van der Waals surface area contributed by atoms with Gasteiger partial charge in [-0.05, 0) is 0 Å². The lowest BCUT2D eigenvalue weighted by molar-refractivity contribution is -0.114. The predicted octanol–water partition coefficient (Wildman–Crippen LogP) is -1.04. The van der Waals surface area contributed by atoms with Crippen molar-refractivity contribution >= 4 is 17.5 Å². The fourth-order valence-electron chi connectivity index (χ4n) is 0.578. The van der Waals surface area contributed by atoms with Crippen LogP contribution in [0.2, 0.25) is 0 Å². The number of anilines is 2. The van der Waals surface area contributed by atoms with Gasteiger partial charge in [0.1, 0.15) is 0 Å². The van der Waals surface area contributed by atoms with Crippen molar-refractivity contribution in [2.75, 3.05) is 17.6 Å². The normalized spacial score (nSPS) is 9.42. The van der Waals surface area contributed by atoms with Crippen LogP contribution >= 0.6 is 0 Å². The van der Waals surface area contributed by atoms with Crippen LogP contribution < -0.4 is 16.8 Å². The lowest BCUT2D eigenvalue weighted by Gasteiger charge is -1.99. The molecular weight excluding hydrogens is 158 g/mol. The Morgan fingerprint density at radius 1 is 1.50 bits per heavy atom. The van der Waals surface area contributed by atoms with Gasteiger partial charge in [-0.15, -0.1) is 0 Å². The first-order valence-electron chi connectivity index (χ1n) is 3.30. The van der Waals surface area contributed by atoms with Crippen molar-refractivity contribution in [2.45, 2.75) is 0 Å². The van der Waals surface area contributed by atoms with Gasteiger partial charge in [0.25, 0.3) is 0 Å². The van der Waals surface area contributed by atoms with Gasteiger partial charge >= 0.3 is 0 Å². The van der Waals surface area contributed by atoms with Crippen molar-refractivity contribution in [3.05, 3.63) is 12.4 Å². The van der Waals surface area contributed by atoms with Crippen molar-refractivity contribution in [3.63, 3.8) is 0 Å². The van der Waals surface area contributed by atoms with Gasteiger partial charge in [0.05, 0.1) is 24.6 Å². The molecule has 1 aromatic heterocycles. The van der Waals surface area contributed by atoms with E-state index in [1.54, 1.807) is 0 Å². The third-order valence-electron chi connectivity index (χ3n) is 1.11. The highest BCUT2D eigenvalue weighted by atomic mass is 16.1. The van der Waals surface area contributed by atoms with E-state index in [1.165, 1.54) is 12.4 Å². The molecule has 12 heavy (non-hydrogen) atoms. The van der Waals surface area contributed by atoms with E-state index >= 15 is 0 Å². The molecule has 0 spiro atoms. The Bertz CT molecular complexity index is 270. The maximum absolute atomic E-state index is 10.7. The van der Waals surface area contributed by atoms with Gasteiger partial charge in [0, 0.05) is 0 Å². The minimum absolute atomic E-state index is 0.0895. The first kappa shape index (κ1) is 8.41. The molecule has 0 atom stereocenters. The monoisotopic (exact) mass is 167 g/mol. The lowest BCUT2D eigenvalue weighted by atomic mass is 10.5. The van der Waals surface area contributed by atoms with Gasteiger partial charge in [0.2, 0.25) is 11.9 Å². The van der Waals surface area contributed by atoms with Crippen LogP contribution in [-0.2, 0) is 4.79 Å². The van der Waals surface area contributed by atoms with Crippen molar-refractivity contribution in [3.8, 4) is 0 Å². The molecule has 1 amide bonds. The Labute approximate surface area is 69.0 Å². The molecule has 0 saturated heterocycles. The number of nitrogens with two attached hydrogens (primary N) is 2. The third-order valence-corrected chi connectivity index (χ3v) is 1.11. The molecule has 0 unspecified atom stereocenters. The molecule has 0 fully saturated rings. The average molecular weight is 167 g/mol. The van der Waals surface area contributed by atoms with Crippen LogP contribution in [0.4, 0.5) is 11.6 Å². The maximum atomic E-state index is 10.7. The highest BCUT2D eigenvalue weighted by molar-refractivity contribution is 5.90. The molecule has 6 nitrogen and oxygen atoms in total. The van der Waals surface area contributed by atoms with Crippen LogP contribution in [0.5, 0.6) is 0 Å². The average Bonchev–Trinajstić information content (AvgIpc) is 2.09. The smallest absolute Gasteiger partial charge is 0.240 e. The van der Waals surface area contributed by atoms with Gasteiger partial charge in [-0.3, -0.25) is 10.1 Å². The van der Waals surface area contributed by atoms with Crippen molar-refractivity contribution < 1.29 is 4.79 Å². The summed E-state index contributed by atoms with van der Waals surface area (Å²) in [5.41, 5.74) is 10.8. The van der Waals surface area contributed by atoms with E-state index in [0.717, 1.165) is 0 Å². The van der Waals surface area contributed by atoms with E-state index in [1.807, 2.05) is 0 Å². The highest BCUT2D eigenvalue weighted by Crippen LogP contribution is 1.99. The quantitative estimate of drug-likeness (QED) is 0.521. The fraction of sp³-hybridized carbons (Fsp3) is 0.167. The van der Waals surface area contributed by atoms with Crippen LogP contribution in [0.1, 0.15) is 0 Å². The number of rotatable bonds is 2. The zero-order valence-corrected chi connectivity index (χ0v) is 6.32. The minimum atomic E-state index is -0.334. The van der Waals surface area contributed by atoms with Gasteiger partial charge in [0.15, 0.2) is 0 Å². The van der Waals surface area contributed by atoms with Crippen molar-refractivity contribution in [1.29, 1.82) is 0 Å². The molecule has 0 aromatic carbocycles. The molecule has 0 saturated carbocycles. The molecular formula is C6H9N5O. The Balaban J connectivity index is 2.64. The number of nitrogens with one attached hydrogen (secondary N) is 1. The molecule has 0 aliphatic carbocycles. The Morgan fingerprint density at radius 3 is 2.58 bits per heavy atom. The number of amides is 1. The van der Waals surface area contributed by atoms with E-state index in [2.05, 4.69) is 15.3 Å². The second kappa shape index (κ2) is 3.63. The number of nitrogens with zero attached hydrogens (tertiary/aromatic N) is 2. The van der Waals surface area contributed by atoms with Crippen LogP contribution in [0.25, 0.3) is 0 Å². The SMILES string of the molecule is NCC(=O)Nc1ncc(N)cn1. The molecule has 64 valence electrons. The summed E-state index contributed by atoms with van der Waals surface area (Å²) in [6.45, 7) is -0.0895. The maximum Gasteiger partial charge on any atom is 0.240 e. The summed E-state index contributed by atoms with van der Waals surface area (Å²) in [6.07, 6.45) is 2.80. The zero-order valence-electron chi connectivity index (χ0n) is 6.32. The van der Waals surface area contributed by atoms with Gasteiger partial charge in [-0.2, -0.15) is 0 Å². The first-order valence-corrected chi connectivity index (χ1v) is 3.30. The number of hydrogen-bond acceptors (Lipinski definition) is 5. The van der Waals surface area contributed by atoms with E-state index in [0.29, 0.717) is 5.69 Å². The van der Waals surface area contributed by atoms with Crippen LogP contribution in [0.3, 0.4) is 0 Å². The fourth-order valence-corrected chi connectivity index (χ4v) is 0.578. The minimum Gasteiger partial charge on any atom is -0.396 e. The topological polar surface area (TPSA) is 107 Å². The van der Waals surface area contributed by atoms with Gasteiger partial charge in [-0.1, -0.05) is 0 Å². The summed E-state index contributed by atoms with van der Waals surface area (Å²) < 4.78 is 0. The second-order valence-corrected chi connectivity index (χ2v) is 2.09. The summed E-state index contributed by atoms with van der Waals surface area (Å²) in [6, 6.07) is 0. The Hall–Kier alpha value is -1.69. The van der Waals surface area contributed by atoms with Gasteiger partial charge < -0.3 is 11.5 Å². The third kappa shape index (κ3) is 2.17. The second-order valence-electron chi connectivity index (χ2n) is 2.09. The van der Waals surface area contributed by atoms with Crippen LogP contribution in [0.15, 0.2) is 12.4 Å². The molecule has 6 heteroatoms. The number of hydrogen-bond donors (Lipinski definition) is 3. The van der Waals surface area contributed by atoms with Crippen LogP contribution in [-0.4, -0.2) is 22.4 Å². The Kier molecular flexibility index (Phi) is 2.54. The molecule has 0 radical (unpaired) electrons. The number of carbonyl (C=O) groups excluding carboxylic acids is 1. The molecule has 5 N–H and O–H groups in total. The summed E-state index contributed by atoms with van der Waals surface area (Å²) in [5, 5.41) is 2.38. The van der Waals surface area contributed by atoms with E-state index in [-0.39, 0.29) is 18.4 Å². The molecule has 0 aliphatic heterocycles. The largest absolute Gasteiger partial charge is 0.396 e. The summed E-state index contributed by atoms with van der Waals surface area (Å²) >= 11 is 0. The molecule has 1 aromatic rings. The van der Waals surface area contributed by atoms with Crippen LogP contribution in [0, 0.1) is 0 Å².